The highest BCUT2D eigenvalue weighted by molar-refractivity contribution is 7.92. The van der Waals surface area contributed by atoms with Gasteiger partial charge in [-0.15, -0.1) is 21.5 Å². The fourth-order valence-corrected chi connectivity index (χ4v) is 10.1. The third-order valence-corrected chi connectivity index (χ3v) is 13.8. The van der Waals surface area contributed by atoms with E-state index in [1.54, 1.807) is 53.9 Å². The van der Waals surface area contributed by atoms with E-state index in [1.165, 1.54) is 19.2 Å². The van der Waals surface area contributed by atoms with Crippen LogP contribution >= 0.6 is 22.9 Å². The number of thiophene rings is 1. The predicted molar refractivity (Wildman–Crippen MR) is 236 cm³/mol. The Balaban J connectivity index is 0.932. The van der Waals surface area contributed by atoms with Gasteiger partial charge in [-0.2, -0.15) is 5.26 Å². The lowest BCUT2D eigenvalue weighted by molar-refractivity contribution is -0.141. The second kappa shape index (κ2) is 16.5. The second-order valence-corrected chi connectivity index (χ2v) is 18.0. The normalized spacial score (nSPS) is 13.5. The summed E-state index contributed by atoms with van der Waals surface area (Å²) in [4.78, 5) is 35.0. The molecule has 1 amide bonds. The van der Waals surface area contributed by atoms with E-state index in [4.69, 9.17) is 21.3 Å². The van der Waals surface area contributed by atoms with Crippen molar-refractivity contribution in [3.05, 3.63) is 146 Å². The van der Waals surface area contributed by atoms with Crippen LogP contribution in [0.1, 0.15) is 72.7 Å². The summed E-state index contributed by atoms with van der Waals surface area (Å²) in [5, 5.41) is 23.2. The van der Waals surface area contributed by atoms with Crippen LogP contribution in [0.3, 0.4) is 0 Å². The number of esters is 1. The van der Waals surface area contributed by atoms with Crippen molar-refractivity contribution in [1.29, 1.82) is 5.26 Å². The molecular formula is C45H39ClN8O5S2. The van der Waals surface area contributed by atoms with E-state index in [0.29, 0.717) is 57.4 Å². The van der Waals surface area contributed by atoms with E-state index in [1.807, 2.05) is 48.7 Å². The first-order valence-corrected chi connectivity index (χ1v) is 21.9. The zero-order chi connectivity index (χ0) is 43.2. The lowest BCUT2D eigenvalue weighted by Gasteiger charge is -2.13. The Morgan fingerprint density at radius 3 is 2.43 bits per heavy atom. The third kappa shape index (κ3) is 7.81. The van der Waals surface area contributed by atoms with Crippen molar-refractivity contribution >= 4 is 67.1 Å². The number of benzene rings is 4. The highest BCUT2D eigenvalue weighted by atomic mass is 35.5. The number of hydrogen-bond donors (Lipinski definition) is 3. The number of aliphatic imine (C=N–C) groups is 1. The van der Waals surface area contributed by atoms with Crippen LogP contribution < -0.4 is 10.0 Å². The number of ether oxygens (including phenoxy) is 1. The van der Waals surface area contributed by atoms with E-state index in [9.17, 15) is 23.3 Å². The molecule has 0 saturated carbocycles. The van der Waals surface area contributed by atoms with Gasteiger partial charge in [0.2, 0.25) is 0 Å². The summed E-state index contributed by atoms with van der Waals surface area (Å²) < 4.78 is 36.2. The van der Waals surface area contributed by atoms with Gasteiger partial charge < -0.3 is 15.0 Å². The first kappa shape index (κ1) is 41.1. The van der Waals surface area contributed by atoms with Crippen molar-refractivity contribution in [3.8, 4) is 22.2 Å². The molecule has 61 heavy (non-hydrogen) atoms. The molecule has 7 aromatic rings. The summed E-state index contributed by atoms with van der Waals surface area (Å²) in [6, 6.07) is 24.5. The summed E-state index contributed by atoms with van der Waals surface area (Å²) in [6.45, 7) is 8.20. The Bertz CT molecular complexity index is 3070. The summed E-state index contributed by atoms with van der Waals surface area (Å²) in [5.41, 5.74) is 8.66. The summed E-state index contributed by atoms with van der Waals surface area (Å²) in [7, 11) is -2.57. The number of fused-ring (bicyclic) bond motifs is 4. The molecule has 0 saturated heterocycles. The SMILES string of the molecule is COC(=O)C[C@@H]1N=C(c2ccc(-c3ccc(C(=O)NCCc4ccc(S(=O)(=O)Nc5ccc(C)c6c(C#N)c[nH]c56)cc4)cc3Cl)cc2)c2c(sc(C)c2C)-n2c(C)nnc21. The van der Waals surface area contributed by atoms with Gasteiger partial charge in [0.25, 0.3) is 15.9 Å². The Labute approximate surface area is 361 Å². The highest BCUT2D eigenvalue weighted by Gasteiger charge is 2.32. The van der Waals surface area contributed by atoms with Crippen LogP contribution in [0.15, 0.2) is 94.9 Å². The largest absolute Gasteiger partial charge is 0.469 e. The fourth-order valence-electron chi connectivity index (χ4n) is 7.52. The highest BCUT2D eigenvalue weighted by Crippen LogP contribution is 2.40. The van der Waals surface area contributed by atoms with E-state index in [2.05, 4.69) is 45.1 Å². The van der Waals surface area contributed by atoms with Gasteiger partial charge in [0.05, 0.1) is 40.9 Å². The van der Waals surface area contributed by atoms with Crippen molar-refractivity contribution in [1.82, 2.24) is 25.1 Å². The Hall–Kier alpha value is -6.60. The summed E-state index contributed by atoms with van der Waals surface area (Å²) in [6.07, 6.45) is 2.04. The Morgan fingerprint density at radius 2 is 1.72 bits per heavy atom. The number of sulfonamides is 1. The molecule has 0 bridgehead atoms. The summed E-state index contributed by atoms with van der Waals surface area (Å²) in [5.74, 6) is 0.594. The van der Waals surface area contributed by atoms with Gasteiger partial charge in [-0.1, -0.05) is 60.1 Å². The lowest BCUT2D eigenvalue weighted by atomic mass is 9.96. The topological polar surface area (TPSA) is 184 Å². The number of nitrogens with zero attached hydrogens (tertiary/aromatic N) is 5. The molecule has 0 aliphatic carbocycles. The van der Waals surface area contributed by atoms with Crippen LogP contribution in [-0.4, -0.2) is 59.4 Å². The number of methoxy groups -OCH3 is 1. The van der Waals surface area contributed by atoms with Crippen molar-refractivity contribution in [2.45, 2.75) is 51.5 Å². The number of anilines is 1. The van der Waals surface area contributed by atoms with Gasteiger partial charge in [-0.05, 0) is 86.7 Å². The number of rotatable bonds is 11. The number of aromatic amines is 1. The number of carbonyl (C=O) groups excluding carboxylic acids is 2. The molecule has 16 heteroatoms. The number of aryl methyl sites for hydroxylation is 3. The number of nitriles is 1. The third-order valence-electron chi connectivity index (χ3n) is 10.9. The number of halogens is 1. The molecule has 8 rings (SSSR count). The maximum Gasteiger partial charge on any atom is 0.308 e. The molecule has 308 valence electrons. The number of carbonyl (C=O) groups is 2. The molecule has 0 unspecified atom stereocenters. The van der Waals surface area contributed by atoms with Gasteiger partial charge in [0.1, 0.15) is 22.9 Å². The number of amides is 1. The van der Waals surface area contributed by atoms with Gasteiger partial charge in [0, 0.05) is 50.3 Å². The van der Waals surface area contributed by atoms with E-state index in [-0.39, 0.29) is 17.2 Å². The minimum Gasteiger partial charge on any atom is -0.469 e. The van der Waals surface area contributed by atoms with Crippen molar-refractivity contribution in [3.63, 3.8) is 0 Å². The molecule has 0 radical (unpaired) electrons. The molecule has 3 N–H and O–H groups in total. The van der Waals surface area contributed by atoms with Crippen LogP contribution in [0.4, 0.5) is 5.69 Å². The monoisotopic (exact) mass is 870 g/mol. The number of aromatic nitrogens is 4. The average Bonchev–Trinajstić information content (AvgIpc) is 3.93. The van der Waals surface area contributed by atoms with E-state index in [0.717, 1.165) is 54.5 Å². The molecule has 0 fully saturated rings. The van der Waals surface area contributed by atoms with Gasteiger partial charge in [-0.25, -0.2) is 8.42 Å². The van der Waals surface area contributed by atoms with Crippen LogP contribution in [0.2, 0.25) is 5.02 Å². The molecule has 1 aliphatic rings. The zero-order valence-electron chi connectivity index (χ0n) is 33.8. The number of nitrogens with one attached hydrogen (secondary N) is 3. The van der Waals surface area contributed by atoms with Crippen molar-refractivity contribution in [2.75, 3.05) is 18.4 Å². The molecule has 4 aromatic carbocycles. The van der Waals surface area contributed by atoms with Crippen LogP contribution in [0, 0.1) is 39.0 Å². The van der Waals surface area contributed by atoms with Crippen LogP contribution in [0.5, 0.6) is 0 Å². The Kier molecular flexibility index (Phi) is 11.1. The maximum absolute atomic E-state index is 13.3. The van der Waals surface area contributed by atoms with Crippen LogP contribution in [0.25, 0.3) is 27.0 Å². The molecular weight excluding hydrogens is 832 g/mol. The predicted octanol–water partition coefficient (Wildman–Crippen LogP) is 8.46. The first-order valence-electron chi connectivity index (χ1n) is 19.3. The smallest absolute Gasteiger partial charge is 0.308 e. The lowest BCUT2D eigenvalue weighted by Crippen LogP contribution is -2.25. The van der Waals surface area contributed by atoms with Crippen molar-refractivity contribution < 1.29 is 22.7 Å². The van der Waals surface area contributed by atoms with E-state index >= 15 is 0 Å². The van der Waals surface area contributed by atoms with E-state index < -0.39 is 22.0 Å². The quantitative estimate of drug-likeness (QED) is 0.108. The summed E-state index contributed by atoms with van der Waals surface area (Å²) >= 11 is 8.42. The van der Waals surface area contributed by atoms with Crippen LogP contribution in [-0.2, 0) is 26.0 Å². The number of H-pyrrole nitrogens is 1. The Morgan fingerprint density at radius 1 is 0.984 bits per heavy atom. The second-order valence-electron chi connectivity index (χ2n) is 14.7. The first-order chi connectivity index (χ1) is 29.3. The van der Waals surface area contributed by atoms with Gasteiger partial charge in [0.15, 0.2) is 5.82 Å². The fraction of sp³-hybridized carbons (Fsp3) is 0.200. The molecule has 13 nitrogen and oxygen atoms in total. The number of hydrogen-bond acceptors (Lipinski definition) is 10. The standard InChI is InChI=1S/C45H39ClN8O5S2/c1-24-6-17-36(42-39(24)32(22-47)23-49-42)53-61(57,58)33-14-7-28(8-15-33)18-19-48-44(56)31-13-16-34(35(46)20-31)29-9-11-30(12-10-29)41-40-25(2)26(3)60-45(40)54-27(4)51-52-43(54)37(50-41)21-38(55)59-5/h6-17,20,23,37,49,53H,18-19,21H2,1-5H3,(H,48,56)/t37-/m0/s1. The molecule has 1 atom stereocenters. The van der Waals surface area contributed by atoms with Gasteiger partial charge >= 0.3 is 5.97 Å². The average molecular weight is 871 g/mol. The molecule has 1 aliphatic heterocycles. The minimum absolute atomic E-state index is 0.0108. The zero-order valence-corrected chi connectivity index (χ0v) is 36.1. The minimum atomic E-state index is -3.92. The molecule has 4 heterocycles. The molecule has 0 spiro atoms. The maximum atomic E-state index is 13.3. The van der Waals surface area contributed by atoms with Crippen molar-refractivity contribution in [2.24, 2.45) is 4.99 Å². The molecule has 3 aromatic heterocycles. The van der Waals surface area contributed by atoms with Gasteiger partial charge in [-0.3, -0.25) is 23.9 Å².